The molecule has 0 saturated carbocycles. The highest BCUT2D eigenvalue weighted by Crippen LogP contribution is 2.32. The van der Waals surface area contributed by atoms with Crippen molar-refractivity contribution in [1.82, 2.24) is 14.5 Å². The second-order valence-corrected chi connectivity index (χ2v) is 4.32. The fourth-order valence-electron chi connectivity index (χ4n) is 2.03. The van der Waals surface area contributed by atoms with E-state index in [4.69, 9.17) is 5.73 Å². The molecule has 2 N–H and O–H groups in total. The Bertz CT molecular complexity index is 823. The van der Waals surface area contributed by atoms with E-state index in [-0.39, 0.29) is 17.3 Å². The Kier molecular flexibility index (Phi) is 2.82. The third kappa shape index (κ3) is 2.18. The molecule has 21 heavy (non-hydrogen) atoms. The van der Waals surface area contributed by atoms with E-state index in [1.807, 2.05) is 0 Å². The number of anilines is 1. The number of nitrogens with zero attached hydrogens (tertiary/aromatic N) is 3. The van der Waals surface area contributed by atoms with Crippen molar-refractivity contribution in [2.75, 3.05) is 5.73 Å². The van der Waals surface area contributed by atoms with Crippen LogP contribution in [0.25, 0.3) is 16.9 Å². The Morgan fingerprint density at radius 2 is 1.90 bits per heavy atom. The van der Waals surface area contributed by atoms with Crippen LogP contribution in [0.1, 0.15) is 5.56 Å². The summed E-state index contributed by atoms with van der Waals surface area (Å²) in [5.74, 6) is -0.985. The fourth-order valence-corrected chi connectivity index (χ4v) is 2.03. The van der Waals surface area contributed by atoms with Crippen LogP contribution in [0, 0.1) is 5.82 Å². The normalized spacial score (nSPS) is 12.0. The average Bonchev–Trinajstić information content (AvgIpc) is 2.74. The van der Waals surface area contributed by atoms with E-state index in [0.29, 0.717) is 17.6 Å². The van der Waals surface area contributed by atoms with Crippen molar-refractivity contribution in [2.45, 2.75) is 6.18 Å². The van der Waals surface area contributed by atoms with Gasteiger partial charge in [0.15, 0.2) is 5.65 Å². The summed E-state index contributed by atoms with van der Waals surface area (Å²) in [6.45, 7) is 0. The van der Waals surface area contributed by atoms with Crippen molar-refractivity contribution in [3.63, 3.8) is 0 Å². The first kappa shape index (κ1) is 13.3. The Labute approximate surface area is 115 Å². The molecular formula is C13H8F4N4. The number of fused-ring (bicyclic) bond motifs is 1. The molecule has 0 amide bonds. The average molecular weight is 296 g/mol. The SMILES string of the molecule is Nc1nc2cccnc2n1-c1cc(C(F)(F)F)ccc1F. The summed E-state index contributed by atoms with van der Waals surface area (Å²) in [6.07, 6.45) is -3.16. The van der Waals surface area contributed by atoms with Crippen molar-refractivity contribution in [2.24, 2.45) is 0 Å². The van der Waals surface area contributed by atoms with Gasteiger partial charge in [-0.3, -0.25) is 4.57 Å². The number of nitrogen functional groups attached to an aromatic ring is 1. The van der Waals surface area contributed by atoms with E-state index in [0.717, 1.165) is 10.6 Å². The quantitative estimate of drug-likeness (QED) is 0.702. The Hall–Kier alpha value is -2.64. The molecule has 0 radical (unpaired) electrons. The van der Waals surface area contributed by atoms with Gasteiger partial charge < -0.3 is 5.73 Å². The van der Waals surface area contributed by atoms with Crippen LogP contribution in [0.2, 0.25) is 0 Å². The number of hydrogen-bond acceptors (Lipinski definition) is 3. The molecule has 0 aliphatic rings. The number of pyridine rings is 1. The lowest BCUT2D eigenvalue weighted by Gasteiger charge is -2.11. The lowest BCUT2D eigenvalue weighted by Crippen LogP contribution is -2.09. The molecule has 0 fully saturated rings. The van der Waals surface area contributed by atoms with Crippen LogP contribution in [0.4, 0.5) is 23.5 Å². The largest absolute Gasteiger partial charge is 0.416 e. The zero-order valence-corrected chi connectivity index (χ0v) is 10.4. The predicted octanol–water partition coefficient (Wildman–Crippen LogP) is 3.16. The molecule has 0 atom stereocenters. The second-order valence-electron chi connectivity index (χ2n) is 4.32. The molecule has 108 valence electrons. The third-order valence-electron chi connectivity index (χ3n) is 2.96. The van der Waals surface area contributed by atoms with Crippen LogP contribution < -0.4 is 5.73 Å². The van der Waals surface area contributed by atoms with Crippen LogP contribution in [0.15, 0.2) is 36.5 Å². The van der Waals surface area contributed by atoms with E-state index in [1.54, 1.807) is 12.1 Å². The topological polar surface area (TPSA) is 56.7 Å². The van der Waals surface area contributed by atoms with Gasteiger partial charge in [0.05, 0.1) is 11.3 Å². The second kappa shape index (κ2) is 4.44. The number of aromatic nitrogens is 3. The third-order valence-corrected chi connectivity index (χ3v) is 2.96. The van der Waals surface area contributed by atoms with Gasteiger partial charge in [-0.1, -0.05) is 0 Å². The fraction of sp³-hybridized carbons (Fsp3) is 0.0769. The van der Waals surface area contributed by atoms with Gasteiger partial charge in [-0.15, -0.1) is 0 Å². The first-order valence-corrected chi connectivity index (χ1v) is 5.84. The smallest absolute Gasteiger partial charge is 0.369 e. The van der Waals surface area contributed by atoms with E-state index in [2.05, 4.69) is 9.97 Å². The predicted molar refractivity (Wildman–Crippen MR) is 68.2 cm³/mol. The van der Waals surface area contributed by atoms with E-state index in [9.17, 15) is 17.6 Å². The lowest BCUT2D eigenvalue weighted by molar-refractivity contribution is -0.137. The summed E-state index contributed by atoms with van der Waals surface area (Å²) in [5.41, 5.74) is 4.91. The van der Waals surface area contributed by atoms with Crippen LogP contribution in [-0.4, -0.2) is 14.5 Å². The first-order chi connectivity index (χ1) is 9.88. The maximum absolute atomic E-state index is 13.9. The minimum absolute atomic E-state index is 0.137. The summed E-state index contributed by atoms with van der Waals surface area (Å²) in [5, 5.41) is 0. The van der Waals surface area contributed by atoms with Crippen LogP contribution >= 0.6 is 0 Å². The maximum Gasteiger partial charge on any atom is 0.416 e. The van der Waals surface area contributed by atoms with Gasteiger partial charge in [0.1, 0.15) is 11.3 Å². The van der Waals surface area contributed by atoms with Crippen molar-refractivity contribution in [1.29, 1.82) is 0 Å². The Morgan fingerprint density at radius 3 is 2.62 bits per heavy atom. The minimum Gasteiger partial charge on any atom is -0.369 e. The van der Waals surface area contributed by atoms with Crippen molar-refractivity contribution in [3.8, 4) is 5.69 Å². The summed E-state index contributed by atoms with van der Waals surface area (Å²) in [4.78, 5) is 7.94. The van der Waals surface area contributed by atoms with Gasteiger partial charge in [-0.2, -0.15) is 13.2 Å². The summed E-state index contributed by atoms with van der Waals surface area (Å²) >= 11 is 0. The number of rotatable bonds is 1. The standard InChI is InChI=1S/C13H8F4N4/c14-8-4-3-7(13(15,16)17)6-10(8)21-11-9(20-12(21)18)2-1-5-19-11/h1-6H,(H2,18,20). The highest BCUT2D eigenvalue weighted by molar-refractivity contribution is 5.76. The summed E-state index contributed by atoms with van der Waals surface area (Å²) in [6, 6.07) is 5.28. The number of alkyl halides is 3. The summed E-state index contributed by atoms with van der Waals surface area (Å²) < 4.78 is 53.3. The van der Waals surface area contributed by atoms with Crippen molar-refractivity contribution >= 4 is 17.1 Å². The molecule has 4 nitrogen and oxygen atoms in total. The molecular weight excluding hydrogens is 288 g/mol. The number of imidazole rings is 1. The zero-order valence-electron chi connectivity index (χ0n) is 10.4. The zero-order chi connectivity index (χ0) is 15.2. The first-order valence-electron chi connectivity index (χ1n) is 5.84. The van der Waals surface area contributed by atoms with E-state index < -0.39 is 17.6 Å². The van der Waals surface area contributed by atoms with Gasteiger partial charge in [0.25, 0.3) is 0 Å². The van der Waals surface area contributed by atoms with Gasteiger partial charge >= 0.3 is 6.18 Å². The monoisotopic (exact) mass is 296 g/mol. The molecule has 2 aromatic heterocycles. The minimum atomic E-state index is -4.58. The number of nitrogens with two attached hydrogens (primary N) is 1. The number of halogens is 4. The Morgan fingerprint density at radius 1 is 1.14 bits per heavy atom. The highest BCUT2D eigenvalue weighted by Gasteiger charge is 2.31. The van der Waals surface area contributed by atoms with Crippen molar-refractivity contribution in [3.05, 3.63) is 47.9 Å². The summed E-state index contributed by atoms with van der Waals surface area (Å²) in [7, 11) is 0. The van der Waals surface area contributed by atoms with Gasteiger partial charge in [-0.05, 0) is 30.3 Å². The molecule has 0 spiro atoms. The molecule has 0 aliphatic heterocycles. The van der Waals surface area contributed by atoms with E-state index in [1.165, 1.54) is 6.20 Å². The number of benzene rings is 1. The molecule has 0 bridgehead atoms. The van der Waals surface area contributed by atoms with Gasteiger partial charge in [-0.25, -0.2) is 14.4 Å². The molecule has 0 unspecified atom stereocenters. The molecule has 8 heteroatoms. The van der Waals surface area contributed by atoms with Crippen LogP contribution in [0.3, 0.4) is 0 Å². The molecule has 3 aromatic rings. The molecule has 2 heterocycles. The lowest BCUT2D eigenvalue weighted by atomic mass is 10.2. The van der Waals surface area contributed by atoms with Crippen LogP contribution in [0.5, 0.6) is 0 Å². The molecule has 1 aromatic carbocycles. The van der Waals surface area contributed by atoms with Gasteiger partial charge in [0, 0.05) is 6.20 Å². The van der Waals surface area contributed by atoms with Crippen LogP contribution in [-0.2, 0) is 6.18 Å². The molecule has 0 aliphatic carbocycles. The van der Waals surface area contributed by atoms with Crippen molar-refractivity contribution < 1.29 is 17.6 Å². The maximum atomic E-state index is 13.9. The molecule has 0 saturated heterocycles. The highest BCUT2D eigenvalue weighted by atomic mass is 19.4. The molecule has 3 rings (SSSR count). The van der Waals surface area contributed by atoms with E-state index >= 15 is 0 Å². The Balaban J connectivity index is 2.30. The van der Waals surface area contributed by atoms with Gasteiger partial charge in [0.2, 0.25) is 5.95 Å². The number of hydrogen-bond donors (Lipinski definition) is 1.